The number of piperidine rings is 2. The molecule has 3 aliphatic heterocycles. The van der Waals surface area contributed by atoms with Crippen molar-refractivity contribution in [1.29, 1.82) is 0 Å². The molecule has 0 aromatic rings. The Morgan fingerprint density at radius 3 is 1.41 bits per heavy atom. The largest absolute Gasteiger partial charge is 0.310 e. The van der Waals surface area contributed by atoms with Crippen LogP contribution in [0.1, 0.15) is 64.2 Å². The molecule has 0 radical (unpaired) electrons. The molecule has 4 aliphatic rings. The number of carbonyl (C=O) groups is 1. The number of quaternary nitrogens is 2. The van der Waals surface area contributed by atoms with E-state index in [2.05, 4.69) is 0 Å². The molecule has 0 bridgehead atoms. The molecule has 0 aromatic heterocycles. The second-order valence-electron chi connectivity index (χ2n) is 8.73. The molecular weight excluding hydrogens is 272 g/mol. The van der Waals surface area contributed by atoms with Gasteiger partial charge in [0, 0.05) is 12.8 Å². The van der Waals surface area contributed by atoms with Crippen LogP contribution in [0, 0.1) is 0 Å². The molecule has 124 valence electrons. The highest BCUT2D eigenvalue weighted by Crippen LogP contribution is 2.41. The molecule has 0 unspecified atom stereocenters. The lowest BCUT2D eigenvalue weighted by molar-refractivity contribution is -1.00. The molecule has 1 aliphatic carbocycles. The Morgan fingerprint density at radius 2 is 1.00 bits per heavy atom. The molecule has 4 rings (SSSR count). The van der Waals surface area contributed by atoms with Crippen LogP contribution in [0.2, 0.25) is 0 Å². The zero-order valence-corrected chi connectivity index (χ0v) is 14.3. The van der Waals surface area contributed by atoms with Crippen LogP contribution in [-0.4, -0.2) is 66.1 Å². The predicted molar refractivity (Wildman–Crippen MR) is 88.5 cm³/mol. The first-order valence-electron chi connectivity index (χ1n) is 9.97. The Balaban J connectivity index is 1.71. The highest BCUT2D eigenvalue weighted by atomic mass is 16.1. The van der Waals surface area contributed by atoms with Gasteiger partial charge in [0.25, 0.3) is 0 Å². The van der Waals surface area contributed by atoms with Crippen LogP contribution in [0.15, 0.2) is 0 Å². The fraction of sp³-hybridized carbons (Fsp3) is 0.947. The lowest BCUT2D eigenvalue weighted by Gasteiger charge is -2.54. The van der Waals surface area contributed by atoms with Gasteiger partial charge in [0.15, 0.2) is 0 Å². The first kappa shape index (κ1) is 15.1. The van der Waals surface area contributed by atoms with Gasteiger partial charge in [0.1, 0.15) is 25.2 Å². The average Bonchev–Trinajstić information content (AvgIpc) is 2.64. The fourth-order valence-corrected chi connectivity index (χ4v) is 6.62. The minimum atomic E-state index is 0.596. The Kier molecular flexibility index (Phi) is 4.06. The number of hydrogen-bond donors (Lipinski definition) is 0. The molecule has 0 N–H and O–H groups in total. The second kappa shape index (κ2) is 5.90. The Labute approximate surface area is 135 Å². The van der Waals surface area contributed by atoms with Crippen LogP contribution in [0.4, 0.5) is 0 Å². The van der Waals surface area contributed by atoms with Crippen LogP contribution >= 0.6 is 0 Å². The number of hydrogen-bond acceptors (Lipinski definition) is 1. The third-order valence-electron chi connectivity index (χ3n) is 7.50. The van der Waals surface area contributed by atoms with Gasteiger partial charge in [-0.2, -0.15) is 0 Å². The summed E-state index contributed by atoms with van der Waals surface area (Å²) in [5, 5.41) is 0. The number of ketones is 1. The average molecular weight is 306 g/mol. The molecule has 2 spiro atoms. The van der Waals surface area contributed by atoms with Crippen LogP contribution < -0.4 is 0 Å². The van der Waals surface area contributed by atoms with E-state index in [-0.39, 0.29) is 0 Å². The van der Waals surface area contributed by atoms with Gasteiger partial charge in [0.05, 0.1) is 26.2 Å². The number of nitrogens with zero attached hydrogens (tertiary/aromatic N) is 2. The SMILES string of the molecule is O=C1C[N+]2(CCCCC2)[C@H]2CCCC[C@@H]2[N+]2(CCCCC2)C1. The summed E-state index contributed by atoms with van der Waals surface area (Å²) in [7, 11) is 0. The standard InChI is InChI=1S/C19H34N2O/c22-17-15-20(11-5-1-6-12-20)18-9-3-4-10-19(18)21(16-17)13-7-2-8-14-21/h18-19H,1-16H2/q+2/t18-,19-/m0/s1. The van der Waals surface area contributed by atoms with Gasteiger partial charge in [-0.15, -0.1) is 0 Å². The number of carbonyl (C=O) groups excluding carboxylic acids is 1. The van der Waals surface area contributed by atoms with Crippen LogP contribution in [-0.2, 0) is 4.79 Å². The molecule has 3 heterocycles. The third kappa shape index (κ3) is 2.45. The maximum atomic E-state index is 12.9. The Hall–Kier alpha value is -0.410. The van der Waals surface area contributed by atoms with Crippen LogP contribution in [0.5, 0.6) is 0 Å². The number of Topliss-reactive ketones (excluding diaryl/α,β-unsaturated/α-hetero) is 1. The van der Waals surface area contributed by atoms with Crippen molar-refractivity contribution >= 4 is 5.78 Å². The van der Waals surface area contributed by atoms with E-state index in [4.69, 9.17) is 0 Å². The monoisotopic (exact) mass is 306 g/mol. The fourth-order valence-electron chi connectivity index (χ4n) is 6.62. The van der Waals surface area contributed by atoms with Gasteiger partial charge in [-0.1, -0.05) is 0 Å². The van der Waals surface area contributed by atoms with E-state index in [1.807, 2.05) is 0 Å². The molecule has 3 nitrogen and oxygen atoms in total. The van der Waals surface area contributed by atoms with Crippen LogP contribution in [0.25, 0.3) is 0 Å². The first-order chi connectivity index (χ1) is 10.7. The minimum Gasteiger partial charge on any atom is -0.310 e. The molecule has 1 saturated carbocycles. The van der Waals surface area contributed by atoms with Crippen molar-refractivity contribution < 1.29 is 13.8 Å². The molecule has 0 aromatic carbocycles. The second-order valence-corrected chi connectivity index (χ2v) is 8.73. The highest BCUT2D eigenvalue weighted by molar-refractivity contribution is 5.81. The first-order valence-corrected chi connectivity index (χ1v) is 9.97. The summed E-state index contributed by atoms with van der Waals surface area (Å²) in [5.74, 6) is 0.596. The summed E-state index contributed by atoms with van der Waals surface area (Å²) in [6, 6.07) is 1.61. The van der Waals surface area contributed by atoms with E-state index in [0.717, 1.165) is 25.2 Å². The van der Waals surface area contributed by atoms with Crippen molar-refractivity contribution in [3.05, 3.63) is 0 Å². The molecular formula is C19H34N2O+2. The van der Waals surface area contributed by atoms with E-state index in [1.165, 1.54) is 99.4 Å². The summed E-state index contributed by atoms with van der Waals surface area (Å²) < 4.78 is 2.40. The normalized spacial score (nSPS) is 37.7. The van der Waals surface area contributed by atoms with Gasteiger partial charge < -0.3 is 8.97 Å². The summed E-state index contributed by atoms with van der Waals surface area (Å²) >= 11 is 0. The Bertz CT molecular complexity index is 383. The summed E-state index contributed by atoms with van der Waals surface area (Å²) in [6.07, 6.45) is 13.8. The molecule has 2 atom stereocenters. The summed E-state index contributed by atoms with van der Waals surface area (Å²) in [5.41, 5.74) is 0. The minimum absolute atomic E-state index is 0.596. The molecule has 3 heteroatoms. The van der Waals surface area contributed by atoms with E-state index in [1.54, 1.807) is 0 Å². The van der Waals surface area contributed by atoms with Crippen LogP contribution in [0.3, 0.4) is 0 Å². The zero-order chi connectivity index (χ0) is 15.0. The lowest BCUT2D eigenvalue weighted by Crippen LogP contribution is -2.69. The van der Waals surface area contributed by atoms with Crippen molar-refractivity contribution in [2.45, 2.75) is 76.3 Å². The van der Waals surface area contributed by atoms with Gasteiger partial charge in [-0.05, 0) is 51.4 Å². The maximum absolute atomic E-state index is 12.9. The van der Waals surface area contributed by atoms with Crippen molar-refractivity contribution in [2.75, 3.05) is 39.3 Å². The number of rotatable bonds is 0. The van der Waals surface area contributed by atoms with Crippen molar-refractivity contribution in [3.8, 4) is 0 Å². The Morgan fingerprint density at radius 1 is 0.591 bits per heavy atom. The molecule has 22 heavy (non-hydrogen) atoms. The van der Waals surface area contributed by atoms with Crippen molar-refractivity contribution in [3.63, 3.8) is 0 Å². The third-order valence-corrected chi connectivity index (χ3v) is 7.50. The molecule has 0 amide bonds. The van der Waals surface area contributed by atoms with E-state index >= 15 is 0 Å². The zero-order valence-electron chi connectivity index (χ0n) is 14.3. The lowest BCUT2D eigenvalue weighted by atomic mass is 9.83. The van der Waals surface area contributed by atoms with Crippen molar-refractivity contribution in [1.82, 2.24) is 0 Å². The summed E-state index contributed by atoms with van der Waals surface area (Å²) in [6.45, 7) is 6.95. The van der Waals surface area contributed by atoms with Gasteiger partial charge in [-0.3, -0.25) is 4.79 Å². The van der Waals surface area contributed by atoms with Gasteiger partial charge in [0.2, 0.25) is 5.78 Å². The summed E-state index contributed by atoms with van der Waals surface area (Å²) in [4.78, 5) is 12.9. The quantitative estimate of drug-likeness (QED) is 0.629. The van der Waals surface area contributed by atoms with Gasteiger partial charge in [-0.25, -0.2) is 0 Å². The topological polar surface area (TPSA) is 17.1 Å². The van der Waals surface area contributed by atoms with Crippen molar-refractivity contribution in [2.24, 2.45) is 0 Å². The highest BCUT2D eigenvalue weighted by Gasteiger charge is 2.56. The predicted octanol–water partition coefficient (Wildman–Crippen LogP) is 2.88. The molecule has 4 fully saturated rings. The smallest absolute Gasteiger partial charge is 0.240 e. The van der Waals surface area contributed by atoms with E-state index < -0.39 is 0 Å². The maximum Gasteiger partial charge on any atom is 0.240 e. The van der Waals surface area contributed by atoms with E-state index in [9.17, 15) is 4.79 Å². The number of fused-ring (bicyclic) bond motifs is 3. The van der Waals surface area contributed by atoms with E-state index in [0.29, 0.717) is 5.78 Å². The van der Waals surface area contributed by atoms with Gasteiger partial charge >= 0.3 is 0 Å². The molecule has 3 saturated heterocycles.